The Balaban J connectivity index is 1.76. The molecular formula is C19H18Cl2N4O4S. The Morgan fingerprint density at radius 3 is 2.40 bits per heavy atom. The Bertz CT molecular complexity index is 1180. The van der Waals surface area contributed by atoms with Crippen LogP contribution in [-0.2, 0) is 10.0 Å². The van der Waals surface area contributed by atoms with E-state index in [9.17, 15) is 13.2 Å². The third kappa shape index (κ3) is 4.65. The zero-order chi connectivity index (χ0) is 22.1. The van der Waals surface area contributed by atoms with E-state index in [-0.39, 0.29) is 28.4 Å². The van der Waals surface area contributed by atoms with Crippen molar-refractivity contribution in [2.75, 3.05) is 12.4 Å². The molecule has 0 aliphatic carbocycles. The first kappa shape index (κ1) is 22.2. The molecule has 2 aromatic carbocycles. The first-order valence-electron chi connectivity index (χ1n) is 8.78. The first-order chi connectivity index (χ1) is 14.1. The molecule has 11 heteroatoms. The second-order valence-corrected chi connectivity index (χ2v) is 9.47. The van der Waals surface area contributed by atoms with Gasteiger partial charge in [-0.15, -0.1) is 5.10 Å². The molecule has 3 rings (SSSR count). The van der Waals surface area contributed by atoms with Crippen molar-refractivity contribution in [2.24, 2.45) is 0 Å². The maximum Gasteiger partial charge on any atom is 0.322 e. The largest absolute Gasteiger partial charge is 0.403 e. The molecule has 158 valence electrons. The smallest absolute Gasteiger partial charge is 0.322 e. The van der Waals surface area contributed by atoms with Crippen LogP contribution in [0.25, 0.3) is 11.5 Å². The second-order valence-electron chi connectivity index (χ2n) is 6.63. The van der Waals surface area contributed by atoms with E-state index in [1.165, 1.54) is 35.6 Å². The normalized spacial score (nSPS) is 11.8. The second kappa shape index (κ2) is 8.73. The monoisotopic (exact) mass is 468 g/mol. The summed E-state index contributed by atoms with van der Waals surface area (Å²) in [5.74, 6) is -0.445. The van der Waals surface area contributed by atoms with Crippen molar-refractivity contribution in [3.05, 3.63) is 58.1 Å². The molecule has 0 spiro atoms. The lowest BCUT2D eigenvalue weighted by molar-refractivity contribution is 0.102. The zero-order valence-electron chi connectivity index (χ0n) is 16.3. The maximum absolute atomic E-state index is 12.5. The van der Waals surface area contributed by atoms with Crippen LogP contribution in [0.15, 0.2) is 51.8 Å². The third-order valence-corrected chi connectivity index (χ3v) is 6.94. The summed E-state index contributed by atoms with van der Waals surface area (Å²) in [5.41, 5.74) is 0.655. The van der Waals surface area contributed by atoms with Gasteiger partial charge >= 0.3 is 6.01 Å². The topological polar surface area (TPSA) is 105 Å². The van der Waals surface area contributed by atoms with Crippen LogP contribution in [0.3, 0.4) is 0 Å². The third-order valence-electron chi connectivity index (χ3n) is 4.32. The average molecular weight is 469 g/mol. The van der Waals surface area contributed by atoms with Gasteiger partial charge in [0.25, 0.3) is 11.8 Å². The molecule has 3 aromatic rings. The lowest BCUT2D eigenvalue weighted by atomic mass is 10.2. The average Bonchev–Trinajstić information content (AvgIpc) is 3.17. The number of halogens is 2. The van der Waals surface area contributed by atoms with Gasteiger partial charge in [0, 0.05) is 23.7 Å². The van der Waals surface area contributed by atoms with Crippen LogP contribution in [0.1, 0.15) is 24.2 Å². The van der Waals surface area contributed by atoms with Crippen molar-refractivity contribution in [3.63, 3.8) is 0 Å². The molecule has 0 unspecified atom stereocenters. The Labute approximate surface area is 183 Å². The van der Waals surface area contributed by atoms with E-state index in [1.807, 2.05) is 0 Å². The number of hydrogen-bond donors (Lipinski definition) is 1. The Kier molecular flexibility index (Phi) is 6.47. The van der Waals surface area contributed by atoms with Gasteiger partial charge in [0.15, 0.2) is 0 Å². The number of carbonyl (C=O) groups is 1. The molecule has 1 aromatic heterocycles. The van der Waals surface area contributed by atoms with E-state index >= 15 is 0 Å². The van der Waals surface area contributed by atoms with Crippen LogP contribution in [-0.4, -0.2) is 41.9 Å². The number of aromatic nitrogens is 2. The molecule has 0 aliphatic heterocycles. The van der Waals surface area contributed by atoms with Crippen molar-refractivity contribution < 1.29 is 17.6 Å². The van der Waals surface area contributed by atoms with Crippen LogP contribution >= 0.6 is 23.2 Å². The number of nitrogens with one attached hydrogen (secondary N) is 1. The standard InChI is InChI=1S/C19H18Cl2N4O4S/c1-11(2)25(3)30(27,28)14-7-4-12(5-8-14)17(26)22-19-24-23-18(29-19)15-10-13(20)6-9-16(15)21/h4-11H,1-3H3,(H,22,24,26). The number of nitrogens with zero attached hydrogens (tertiary/aromatic N) is 3. The fourth-order valence-electron chi connectivity index (χ4n) is 2.44. The van der Waals surface area contributed by atoms with Crippen LogP contribution in [0.5, 0.6) is 0 Å². The lowest BCUT2D eigenvalue weighted by Gasteiger charge is -2.20. The molecule has 0 saturated carbocycles. The van der Waals surface area contributed by atoms with Crippen LogP contribution in [0.2, 0.25) is 10.0 Å². The van der Waals surface area contributed by atoms with Crippen LogP contribution < -0.4 is 5.32 Å². The fraction of sp³-hybridized carbons (Fsp3) is 0.211. The number of sulfonamides is 1. The summed E-state index contributed by atoms with van der Waals surface area (Å²) in [6.07, 6.45) is 0. The van der Waals surface area contributed by atoms with Gasteiger partial charge in [0.2, 0.25) is 10.0 Å². The fourth-order valence-corrected chi connectivity index (χ4v) is 4.17. The summed E-state index contributed by atoms with van der Waals surface area (Å²) >= 11 is 12.1. The number of benzene rings is 2. The predicted octanol–water partition coefficient (Wildman–Crippen LogP) is 4.32. The number of rotatable bonds is 6. The van der Waals surface area contributed by atoms with Gasteiger partial charge in [0.1, 0.15) is 0 Å². The van der Waals surface area contributed by atoms with Gasteiger partial charge in [0.05, 0.1) is 15.5 Å². The molecular weight excluding hydrogens is 451 g/mol. The number of hydrogen-bond acceptors (Lipinski definition) is 6. The van der Waals surface area contributed by atoms with Gasteiger partial charge in [-0.25, -0.2) is 8.42 Å². The van der Waals surface area contributed by atoms with Crippen LogP contribution in [0.4, 0.5) is 6.01 Å². The van der Waals surface area contributed by atoms with Crippen molar-refractivity contribution >= 4 is 45.1 Å². The molecule has 1 heterocycles. The molecule has 1 amide bonds. The van der Waals surface area contributed by atoms with E-state index in [1.54, 1.807) is 32.0 Å². The summed E-state index contributed by atoms with van der Waals surface area (Å²) in [6, 6.07) is 9.99. The quantitative estimate of drug-likeness (QED) is 0.576. The van der Waals surface area contributed by atoms with E-state index in [4.69, 9.17) is 27.6 Å². The molecule has 0 radical (unpaired) electrons. The molecule has 0 atom stereocenters. The number of carbonyl (C=O) groups excluding carboxylic acids is 1. The van der Waals surface area contributed by atoms with E-state index < -0.39 is 15.9 Å². The summed E-state index contributed by atoms with van der Waals surface area (Å²) in [5, 5.41) is 10.9. The van der Waals surface area contributed by atoms with Gasteiger partial charge in [-0.2, -0.15) is 4.31 Å². The molecule has 0 fully saturated rings. The molecule has 1 N–H and O–H groups in total. The Hall–Kier alpha value is -2.46. The number of anilines is 1. The minimum atomic E-state index is -3.64. The van der Waals surface area contributed by atoms with Crippen molar-refractivity contribution in [3.8, 4) is 11.5 Å². The molecule has 30 heavy (non-hydrogen) atoms. The van der Waals surface area contributed by atoms with Crippen molar-refractivity contribution in [1.82, 2.24) is 14.5 Å². The SMILES string of the molecule is CC(C)N(C)S(=O)(=O)c1ccc(C(=O)Nc2nnc(-c3cc(Cl)ccc3Cl)o2)cc1. The molecule has 8 nitrogen and oxygen atoms in total. The van der Waals surface area contributed by atoms with Crippen molar-refractivity contribution in [1.29, 1.82) is 0 Å². The highest BCUT2D eigenvalue weighted by atomic mass is 35.5. The summed E-state index contributed by atoms with van der Waals surface area (Å²) in [6.45, 7) is 3.54. The molecule has 0 saturated heterocycles. The van der Waals surface area contributed by atoms with Gasteiger partial charge < -0.3 is 4.42 Å². The summed E-state index contributed by atoms with van der Waals surface area (Å²) in [7, 11) is -2.14. The Morgan fingerprint density at radius 2 is 1.77 bits per heavy atom. The van der Waals surface area contributed by atoms with Crippen LogP contribution in [0, 0.1) is 0 Å². The number of amides is 1. The molecule has 0 bridgehead atoms. The lowest BCUT2D eigenvalue weighted by Crippen LogP contribution is -2.33. The predicted molar refractivity (Wildman–Crippen MR) is 114 cm³/mol. The van der Waals surface area contributed by atoms with Gasteiger partial charge in [-0.3, -0.25) is 10.1 Å². The minimum absolute atomic E-state index is 0.0888. The van der Waals surface area contributed by atoms with E-state index in [2.05, 4.69) is 15.5 Å². The van der Waals surface area contributed by atoms with E-state index in [0.29, 0.717) is 15.6 Å². The highest BCUT2D eigenvalue weighted by Gasteiger charge is 2.23. The van der Waals surface area contributed by atoms with Gasteiger partial charge in [-0.1, -0.05) is 28.3 Å². The van der Waals surface area contributed by atoms with Gasteiger partial charge in [-0.05, 0) is 56.3 Å². The van der Waals surface area contributed by atoms with E-state index in [0.717, 1.165) is 0 Å². The minimum Gasteiger partial charge on any atom is -0.403 e. The highest BCUT2D eigenvalue weighted by molar-refractivity contribution is 7.89. The highest BCUT2D eigenvalue weighted by Crippen LogP contribution is 2.30. The molecule has 0 aliphatic rings. The summed E-state index contributed by atoms with van der Waals surface area (Å²) in [4.78, 5) is 12.5. The first-order valence-corrected chi connectivity index (χ1v) is 11.0. The zero-order valence-corrected chi connectivity index (χ0v) is 18.6. The summed E-state index contributed by atoms with van der Waals surface area (Å²) < 4.78 is 31.7. The Morgan fingerprint density at radius 1 is 1.10 bits per heavy atom. The maximum atomic E-state index is 12.5. The van der Waals surface area contributed by atoms with Crippen molar-refractivity contribution in [2.45, 2.75) is 24.8 Å².